The lowest BCUT2D eigenvalue weighted by Gasteiger charge is -2.21. The zero-order valence-corrected chi connectivity index (χ0v) is 13.4. The number of pyridine rings is 1. The molecule has 2 aromatic heterocycles. The van der Waals surface area contributed by atoms with E-state index in [4.69, 9.17) is 0 Å². The van der Waals surface area contributed by atoms with Crippen LogP contribution in [0, 0.1) is 5.92 Å². The molecule has 0 fully saturated rings. The molecule has 0 saturated heterocycles. The number of rotatable bonds is 7. The molecule has 5 heteroatoms. The molecule has 114 valence electrons. The number of nitrogens with zero attached hydrogens (tertiary/aromatic N) is 4. The molecule has 2 rings (SSSR count). The lowest BCUT2D eigenvalue weighted by Crippen LogP contribution is -2.23. The molecule has 0 aliphatic rings. The Labute approximate surface area is 127 Å². The summed E-state index contributed by atoms with van der Waals surface area (Å²) in [7, 11) is 4.01. The largest absolute Gasteiger partial charge is 0.355 e. The van der Waals surface area contributed by atoms with Crippen molar-refractivity contribution in [3.8, 4) is 0 Å². The number of aromatic nitrogens is 3. The lowest BCUT2D eigenvalue weighted by molar-refractivity contribution is 0.551. The molecule has 5 nitrogen and oxygen atoms in total. The fourth-order valence-electron chi connectivity index (χ4n) is 2.31. The second-order valence-corrected chi connectivity index (χ2v) is 5.89. The van der Waals surface area contributed by atoms with Crippen molar-refractivity contribution in [1.82, 2.24) is 20.1 Å². The first-order valence-corrected chi connectivity index (χ1v) is 7.39. The van der Waals surface area contributed by atoms with E-state index in [-0.39, 0.29) is 0 Å². The average Bonchev–Trinajstić information content (AvgIpc) is 2.84. The van der Waals surface area contributed by atoms with Gasteiger partial charge in [0.25, 0.3) is 0 Å². The predicted molar refractivity (Wildman–Crippen MR) is 86.1 cm³/mol. The van der Waals surface area contributed by atoms with Crippen LogP contribution in [-0.4, -0.2) is 28.4 Å². The van der Waals surface area contributed by atoms with Crippen LogP contribution in [0.4, 0.5) is 5.82 Å². The van der Waals surface area contributed by atoms with Crippen LogP contribution in [0.2, 0.25) is 0 Å². The Hall–Kier alpha value is -1.88. The standard InChI is InChI=1S/C16H25N5/c1-13(2)8-17-10-15-6-5-7-18-16(15)20(3)11-14-9-19-21(4)12-14/h5-7,9,12-13,17H,8,10-11H2,1-4H3. The highest BCUT2D eigenvalue weighted by Gasteiger charge is 2.10. The van der Waals surface area contributed by atoms with Crippen LogP contribution in [0.25, 0.3) is 0 Å². The highest BCUT2D eigenvalue weighted by Crippen LogP contribution is 2.17. The summed E-state index contributed by atoms with van der Waals surface area (Å²) in [5.41, 5.74) is 2.41. The van der Waals surface area contributed by atoms with E-state index >= 15 is 0 Å². The topological polar surface area (TPSA) is 46.0 Å². The molecule has 0 amide bonds. The number of anilines is 1. The van der Waals surface area contributed by atoms with Gasteiger partial charge < -0.3 is 10.2 Å². The molecule has 0 atom stereocenters. The Bertz CT molecular complexity index is 561. The summed E-state index contributed by atoms with van der Waals surface area (Å²) in [6.07, 6.45) is 5.78. The van der Waals surface area contributed by atoms with E-state index in [9.17, 15) is 0 Å². The molecular formula is C16H25N5. The Kier molecular flexibility index (Phi) is 5.33. The van der Waals surface area contributed by atoms with Crippen molar-refractivity contribution in [2.75, 3.05) is 18.5 Å². The number of aryl methyl sites for hydroxylation is 1. The summed E-state index contributed by atoms with van der Waals surface area (Å²) in [6.45, 7) is 7.10. The van der Waals surface area contributed by atoms with Gasteiger partial charge in [-0.3, -0.25) is 4.68 Å². The van der Waals surface area contributed by atoms with Gasteiger partial charge in [-0.1, -0.05) is 19.9 Å². The zero-order valence-electron chi connectivity index (χ0n) is 13.4. The number of hydrogen-bond acceptors (Lipinski definition) is 4. The fraction of sp³-hybridized carbons (Fsp3) is 0.500. The monoisotopic (exact) mass is 287 g/mol. The molecule has 0 radical (unpaired) electrons. The van der Waals surface area contributed by atoms with Crippen LogP contribution in [0.15, 0.2) is 30.7 Å². The van der Waals surface area contributed by atoms with Gasteiger partial charge in [-0.2, -0.15) is 5.10 Å². The number of hydrogen-bond donors (Lipinski definition) is 1. The van der Waals surface area contributed by atoms with Gasteiger partial charge in [0.2, 0.25) is 0 Å². The van der Waals surface area contributed by atoms with E-state index in [0.717, 1.165) is 25.5 Å². The third-order valence-electron chi connectivity index (χ3n) is 3.28. The lowest BCUT2D eigenvalue weighted by atomic mass is 10.2. The van der Waals surface area contributed by atoms with Crippen molar-refractivity contribution < 1.29 is 0 Å². The molecule has 21 heavy (non-hydrogen) atoms. The summed E-state index contributed by atoms with van der Waals surface area (Å²) in [6, 6.07) is 4.13. The molecule has 0 aliphatic carbocycles. The van der Waals surface area contributed by atoms with E-state index in [1.54, 1.807) is 0 Å². The first-order chi connectivity index (χ1) is 10.1. The molecule has 0 bridgehead atoms. The first-order valence-electron chi connectivity index (χ1n) is 7.39. The minimum Gasteiger partial charge on any atom is -0.355 e. The van der Waals surface area contributed by atoms with Crippen molar-refractivity contribution in [2.24, 2.45) is 13.0 Å². The smallest absolute Gasteiger partial charge is 0.133 e. The van der Waals surface area contributed by atoms with Crippen molar-refractivity contribution in [3.63, 3.8) is 0 Å². The number of nitrogens with one attached hydrogen (secondary N) is 1. The normalized spacial score (nSPS) is 11.1. The summed E-state index contributed by atoms with van der Waals surface area (Å²) in [4.78, 5) is 6.71. The summed E-state index contributed by atoms with van der Waals surface area (Å²) in [5.74, 6) is 1.68. The van der Waals surface area contributed by atoms with Gasteiger partial charge >= 0.3 is 0 Å². The summed E-state index contributed by atoms with van der Waals surface area (Å²) >= 11 is 0. The van der Waals surface area contributed by atoms with Gasteiger partial charge in [0.05, 0.1) is 6.20 Å². The highest BCUT2D eigenvalue weighted by atomic mass is 15.2. The molecule has 2 heterocycles. The summed E-state index contributed by atoms with van der Waals surface area (Å²) in [5, 5.41) is 7.69. The molecule has 0 unspecified atom stereocenters. The third kappa shape index (κ3) is 4.56. The predicted octanol–water partition coefficient (Wildman–Crippen LogP) is 2.20. The third-order valence-corrected chi connectivity index (χ3v) is 3.28. The van der Waals surface area contributed by atoms with Crippen LogP contribution in [0.1, 0.15) is 25.0 Å². The second kappa shape index (κ2) is 7.22. The van der Waals surface area contributed by atoms with Crippen LogP contribution < -0.4 is 10.2 Å². The van der Waals surface area contributed by atoms with Gasteiger partial charge in [-0.05, 0) is 18.5 Å². The maximum atomic E-state index is 4.54. The fourth-order valence-corrected chi connectivity index (χ4v) is 2.31. The van der Waals surface area contributed by atoms with Gasteiger partial charge in [-0.25, -0.2) is 4.98 Å². The van der Waals surface area contributed by atoms with Crippen LogP contribution in [-0.2, 0) is 20.1 Å². The van der Waals surface area contributed by atoms with Crippen LogP contribution in [0.3, 0.4) is 0 Å². The maximum Gasteiger partial charge on any atom is 0.133 e. The van der Waals surface area contributed by atoms with E-state index in [0.29, 0.717) is 5.92 Å². The molecule has 2 aromatic rings. The minimum atomic E-state index is 0.651. The molecule has 1 N–H and O–H groups in total. The van der Waals surface area contributed by atoms with Gasteiger partial charge in [0.15, 0.2) is 0 Å². The Balaban J connectivity index is 2.04. The van der Waals surface area contributed by atoms with Gasteiger partial charge in [-0.15, -0.1) is 0 Å². The molecule has 0 aromatic carbocycles. The Morgan fingerprint density at radius 1 is 1.38 bits per heavy atom. The Morgan fingerprint density at radius 2 is 2.19 bits per heavy atom. The maximum absolute atomic E-state index is 4.54. The van der Waals surface area contributed by atoms with Crippen LogP contribution >= 0.6 is 0 Å². The van der Waals surface area contributed by atoms with E-state index in [2.05, 4.69) is 47.3 Å². The Morgan fingerprint density at radius 3 is 2.86 bits per heavy atom. The molecular weight excluding hydrogens is 262 g/mol. The van der Waals surface area contributed by atoms with Crippen molar-refractivity contribution in [3.05, 3.63) is 41.9 Å². The van der Waals surface area contributed by atoms with Crippen molar-refractivity contribution in [2.45, 2.75) is 26.9 Å². The minimum absolute atomic E-state index is 0.651. The second-order valence-electron chi connectivity index (χ2n) is 5.89. The van der Waals surface area contributed by atoms with Crippen molar-refractivity contribution in [1.29, 1.82) is 0 Å². The van der Waals surface area contributed by atoms with E-state index in [1.165, 1.54) is 11.1 Å². The average molecular weight is 287 g/mol. The van der Waals surface area contributed by atoms with Crippen molar-refractivity contribution >= 4 is 5.82 Å². The SMILES string of the molecule is CC(C)CNCc1cccnc1N(C)Cc1cnn(C)c1. The van der Waals surface area contributed by atoms with Crippen LogP contribution in [0.5, 0.6) is 0 Å². The van der Waals surface area contributed by atoms with E-state index in [1.807, 2.05) is 36.4 Å². The van der Waals surface area contributed by atoms with Gasteiger partial charge in [0.1, 0.15) is 5.82 Å². The molecule has 0 spiro atoms. The molecule has 0 saturated carbocycles. The van der Waals surface area contributed by atoms with E-state index < -0.39 is 0 Å². The quantitative estimate of drug-likeness (QED) is 0.848. The summed E-state index contributed by atoms with van der Waals surface area (Å²) < 4.78 is 1.83. The molecule has 0 aliphatic heterocycles. The zero-order chi connectivity index (χ0) is 15.2. The first kappa shape index (κ1) is 15.5. The highest BCUT2D eigenvalue weighted by molar-refractivity contribution is 5.46. The van der Waals surface area contributed by atoms with Gasteiger partial charge in [0, 0.05) is 50.7 Å².